The molecule has 2 aromatic rings. The van der Waals surface area contributed by atoms with Crippen molar-refractivity contribution >= 4 is 44.1 Å². The van der Waals surface area contributed by atoms with Crippen LogP contribution in [0, 0.1) is 11.3 Å². The topological polar surface area (TPSA) is 49.4 Å². The largest absolute Gasteiger partial charge is 0.339 e. The van der Waals surface area contributed by atoms with Crippen LogP contribution >= 0.6 is 27.3 Å². The smallest absolute Gasteiger partial charge is 0.257 e. The van der Waals surface area contributed by atoms with Gasteiger partial charge in [-0.2, -0.15) is 0 Å². The second-order valence-corrected chi connectivity index (χ2v) is 11.5. The highest BCUT2D eigenvalue weighted by Gasteiger charge is 2.35. The van der Waals surface area contributed by atoms with Crippen molar-refractivity contribution in [1.82, 2.24) is 4.90 Å². The molecule has 1 fully saturated rings. The Kier molecular flexibility index (Phi) is 6.08. The molecule has 6 heteroatoms. The maximum absolute atomic E-state index is 13.4. The van der Waals surface area contributed by atoms with E-state index in [-0.39, 0.29) is 17.2 Å². The highest BCUT2D eigenvalue weighted by atomic mass is 79.9. The van der Waals surface area contributed by atoms with Crippen LogP contribution in [0.3, 0.4) is 0 Å². The number of thiophene rings is 1. The van der Waals surface area contributed by atoms with Crippen molar-refractivity contribution in [3.63, 3.8) is 0 Å². The molecular weight excluding hydrogens is 460 g/mol. The van der Waals surface area contributed by atoms with Crippen LogP contribution in [0.25, 0.3) is 0 Å². The first-order chi connectivity index (χ1) is 14.2. The molecule has 0 spiro atoms. The molecule has 1 N–H and O–H groups in total. The van der Waals surface area contributed by atoms with Gasteiger partial charge in [0.25, 0.3) is 11.8 Å². The Labute approximate surface area is 191 Å². The van der Waals surface area contributed by atoms with Crippen molar-refractivity contribution in [1.29, 1.82) is 0 Å². The van der Waals surface area contributed by atoms with Crippen molar-refractivity contribution < 1.29 is 9.59 Å². The number of amides is 2. The minimum Gasteiger partial charge on any atom is -0.339 e. The predicted octanol–water partition coefficient (Wildman–Crippen LogP) is 6.15. The van der Waals surface area contributed by atoms with Crippen LogP contribution in [-0.4, -0.2) is 29.8 Å². The molecule has 0 saturated carbocycles. The summed E-state index contributed by atoms with van der Waals surface area (Å²) in [5.41, 5.74) is 2.73. The SMILES string of the molecule is CC(C)(C)C1CCc2c(sc(NC(=O)c3cccc(Br)c3)c2C(=O)N2CCCC2)C1. The molecule has 4 nitrogen and oxygen atoms in total. The average molecular weight is 489 g/mol. The molecule has 1 aliphatic heterocycles. The Balaban J connectivity index is 1.69. The van der Waals surface area contributed by atoms with Crippen LogP contribution in [0.4, 0.5) is 5.00 Å². The Morgan fingerprint density at radius 2 is 1.93 bits per heavy atom. The first-order valence-corrected chi connectivity index (χ1v) is 12.4. The van der Waals surface area contributed by atoms with Crippen LogP contribution in [0.15, 0.2) is 28.7 Å². The highest BCUT2D eigenvalue weighted by molar-refractivity contribution is 9.10. The maximum Gasteiger partial charge on any atom is 0.257 e. The van der Waals surface area contributed by atoms with Gasteiger partial charge >= 0.3 is 0 Å². The van der Waals surface area contributed by atoms with E-state index >= 15 is 0 Å². The molecule has 160 valence electrons. The number of nitrogens with zero attached hydrogens (tertiary/aromatic N) is 1. The fourth-order valence-corrected chi connectivity index (χ4v) is 6.24. The Hall–Kier alpha value is -1.66. The third-order valence-corrected chi connectivity index (χ3v) is 8.07. The lowest BCUT2D eigenvalue weighted by atomic mass is 9.72. The summed E-state index contributed by atoms with van der Waals surface area (Å²) in [7, 11) is 0. The van der Waals surface area contributed by atoms with Crippen molar-refractivity contribution in [3.05, 3.63) is 50.3 Å². The molecule has 1 aromatic carbocycles. The lowest BCUT2D eigenvalue weighted by molar-refractivity contribution is 0.0792. The monoisotopic (exact) mass is 488 g/mol. The van der Waals surface area contributed by atoms with Crippen LogP contribution in [0.1, 0.15) is 71.2 Å². The van der Waals surface area contributed by atoms with Gasteiger partial charge in [0, 0.05) is 28.0 Å². The quantitative estimate of drug-likeness (QED) is 0.562. The van der Waals surface area contributed by atoms with Gasteiger partial charge in [0.15, 0.2) is 0 Å². The molecule has 0 bridgehead atoms. The number of likely N-dealkylation sites (tertiary alicyclic amines) is 1. The van der Waals surface area contributed by atoms with Crippen molar-refractivity contribution in [2.75, 3.05) is 18.4 Å². The molecule has 2 amide bonds. The number of fused-ring (bicyclic) bond motifs is 1. The summed E-state index contributed by atoms with van der Waals surface area (Å²) in [6, 6.07) is 7.35. The Morgan fingerprint density at radius 3 is 2.60 bits per heavy atom. The number of rotatable bonds is 3. The van der Waals surface area contributed by atoms with Crippen LogP contribution in [0.2, 0.25) is 0 Å². The summed E-state index contributed by atoms with van der Waals surface area (Å²) < 4.78 is 0.863. The summed E-state index contributed by atoms with van der Waals surface area (Å²) in [5, 5.41) is 3.80. The van der Waals surface area contributed by atoms with Gasteiger partial charge in [0.2, 0.25) is 0 Å². The lowest BCUT2D eigenvalue weighted by Crippen LogP contribution is -2.30. The van der Waals surface area contributed by atoms with Crippen LogP contribution < -0.4 is 5.32 Å². The van der Waals surface area contributed by atoms with E-state index in [1.165, 1.54) is 10.4 Å². The normalized spacial score (nSPS) is 18.9. The fraction of sp³-hybridized carbons (Fsp3) is 0.500. The second-order valence-electron chi connectivity index (χ2n) is 9.48. The molecule has 30 heavy (non-hydrogen) atoms. The number of halogens is 1. The summed E-state index contributed by atoms with van der Waals surface area (Å²) in [4.78, 5) is 29.6. The van der Waals surface area contributed by atoms with E-state index in [0.717, 1.165) is 60.2 Å². The molecule has 4 rings (SSSR count). The van der Waals surface area contributed by atoms with E-state index in [0.29, 0.717) is 11.5 Å². The zero-order valence-corrected chi connectivity index (χ0v) is 20.3. The molecule has 2 aliphatic rings. The molecule has 1 aliphatic carbocycles. The number of anilines is 1. The second kappa shape index (κ2) is 8.46. The van der Waals surface area contributed by atoms with E-state index in [1.807, 2.05) is 17.0 Å². The maximum atomic E-state index is 13.4. The molecule has 1 aromatic heterocycles. The average Bonchev–Trinajstić information content (AvgIpc) is 3.34. The minimum atomic E-state index is -0.169. The zero-order chi connectivity index (χ0) is 21.5. The third-order valence-electron chi connectivity index (χ3n) is 6.41. The summed E-state index contributed by atoms with van der Waals surface area (Å²) in [6.45, 7) is 8.51. The van der Waals surface area contributed by atoms with Crippen molar-refractivity contribution in [3.8, 4) is 0 Å². The fourth-order valence-electron chi connectivity index (χ4n) is 4.52. The minimum absolute atomic E-state index is 0.0868. The zero-order valence-electron chi connectivity index (χ0n) is 17.9. The first kappa shape index (κ1) is 21.6. The number of carbonyl (C=O) groups excluding carboxylic acids is 2. The number of benzene rings is 1. The Morgan fingerprint density at radius 1 is 1.20 bits per heavy atom. The first-order valence-electron chi connectivity index (χ1n) is 10.7. The lowest BCUT2D eigenvalue weighted by Gasteiger charge is -2.34. The van der Waals surface area contributed by atoms with Gasteiger partial charge in [-0.1, -0.05) is 42.8 Å². The summed E-state index contributed by atoms with van der Waals surface area (Å²) in [6.07, 6.45) is 5.10. The van der Waals surface area contributed by atoms with Gasteiger partial charge in [0.1, 0.15) is 5.00 Å². The van der Waals surface area contributed by atoms with Gasteiger partial charge < -0.3 is 10.2 Å². The number of hydrogen-bond donors (Lipinski definition) is 1. The summed E-state index contributed by atoms with van der Waals surface area (Å²) in [5.74, 6) is 0.508. The highest BCUT2D eigenvalue weighted by Crippen LogP contribution is 2.45. The van der Waals surface area contributed by atoms with Crippen molar-refractivity contribution in [2.24, 2.45) is 11.3 Å². The Bertz CT molecular complexity index is 970. The van der Waals surface area contributed by atoms with Gasteiger partial charge in [-0.25, -0.2) is 0 Å². The van der Waals surface area contributed by atoms with Crippen LogP contribution in [0.5, 0.6) is 0 Å². The molecular formula is C24H29BrN2O2S. The molecule has 1 saturated heterocycles. The van der Waals surface area contributed by atoms with E-state index < -0.39 is 0 Å². The van der Waals surface area contributed by atoms with E-state index in [2.05, 4.69) is 42.0 Å². The molecule has 0 radical (unpaired) electrons. The molecule has 1 atom stereocenters. The molecule has 1 unspecified atom stereocenters. The summed E-state index contributed by atoms with van der Waals surface area (Å²) >= 11 is 5.04. The van der Waals surface area contributed by atoms with Crippen molar-refractivity contribution in [2.45, 2.75) is 52.9 Å². The number of carbonyl (C=O) groups is 2. The number of nitrogens with one attached hydrogen (secondary N) is 1. The van der Waals surface area contributed by atoms with Crippen LogP contribution in [-0.2, 0) is 12.8 Å². The number of hydrogen-bond acceptors (Lipinski definition) is 3. The van der Waals surface area contributed by atoms with Gasteiger partial charge in [-0.15, -0.1) is 11.3 Å². The van der Waals surface area contributed by atoms with Gasteiger partial charge in [-0.3, -0.25) is 9.59 Å². The van der Waals surface area contributed by atoms with Gasteiger partial charge in [0.05, 0.1) is 5.56 Å². The third kappa shape index (κ3) is 4.35. The van der Waals surface area contributed by atoms with E-state index in [1.54, 1.807) is 23.5 Å². The molecule has 2 heterocycles. The van der Waals surface area contributed by atoms with Gasteiger partial charge in [-0.05, 0) is 67.2 Å². The van der Waals surface area contributed by atoms with E-state index in [4.69, 9.17) is 0 Å². The van der Waals surface area contributed by atoms with E-state index in [9.17, 15) is 9.59 Å². The predicted molar refractivity (Wildman–Crippen MR) is 127 cm³/mol. The standard InChI is InChI=1S/C24H29BrN2O2S/c1-24(2,3)16-9-10-18-19(14-16)30-22(20(18)23(29)27-11-4-5-12-27)26-21(28)15-7-6-8-17(25)13-15/h6-8,13,16H,4-5,9-12,14H2,1-3H3,(H,26,28).